The number of rotatable bonds is 4. The molecule has 0 saturated carbocycles. The SMILES string of the molecule is N[C@@H]1[CH]CN(Cc2ccn3ncnc(Nc4cccc(Cl)c4)c23)CC1. The first-order valence-corrected chi connectivity index (χ1v) is 8.72. The van der Waals surface area contributed by atoms with Crippen molar-refractivity contribution in [3.05, 3.63) is 59.9 Å². The fourth-order valence-corrected chi connectivity index (χ4v) is 3.34. The molecule has 7 heteroatoms. The number of aromatic nitrogens is 3. The van der Waals surface area contributed by atoms with Crippen LogP contribution in [0.3, 0.4) is 0 Å². The highest BCUT2D eigenvalue weighted by Gasteiger charge is 2.19. The third kappa shape index (κ3) is 3.61. The molecule has 4 rings (SSSR count). The van der Waals surface area contributed by atoms with Gasteiger partial charge in [0, 0.05) is 36.0 Å². The highest BCUT2D eigenvalue weighted by atomic mass is 35.5. The van der Waals surface area contributed by atoms with Gasteiger partial charge in [0.1, 0.15) is 11.8 Å². The first kappa shape index (κ1) is 16.3. The molecule has 1 radical (unpaired) electrons. The minimum absolute atomic E-state index is 0.213. The number of nitrogens with zero attached hydrogens (tertiary/aromatic N) is 4. The first-order chi connectivity index (χ1) is 12.2. The average Bonchev–Trinajstić information content (AvgIpc) is 3.01. The molecule has 1 atom stereocenters. The summed E-state index contributed by atoms with van der Waals surface area (Å²) in [4.78, 5) is 6.82. The molecule has 1 aliphatic rings. The quantitative estimate of drug-likeness (QED) is 0.753. The summed E-state index contributed by atoms with van der Waals surface area (Å²) in [5.74, 6) is 0.773. The summed E-state index contributed by atoms with van der Waals surface area (Å²) in [6, 6.07) is 9.92. The minimum atomic E-state index is 0.213. The maximum absolute atomic E-state index is 6.08. The molecule has 25 heavy (non-hydrogen) atoms. The lowest BCUT2D eigenvalue weighted by molar-refractivity contribution is 0.244. The van der Waals surface area contributed by atoms with Crippen molar-refractivity contribution >= 4 is 28.6 Å². The molecule has 1 saturated heterocycles. The van der Waals surface area contributed by atoms with Crippen LogP contribution in [0.4, 0.5) is 11.5 Å². The fraction of sp³-hybridized carbons (Fsp3) is 0.278. The van der Waals surface area contributed by atoms with E-state index >= 15 is 0 Å². The topological polar surface area (TPSA) is 71.5 Å². The standard InChI is InChI=1S/C18H20ClN6/c19-14-2-1-3-16(10-14)23-18-17-13(4-9-25(17)22-12-21-18)11-24-7-5-15(20)6-8-24/h1-5,9-10,12,15H,6-8,11,20H2,(H,21,22,23)/t15-/m1/s1. The molecule has 129 valence electrons. The maximum atomic E-state index is 6.08. The van der Waals surface area contributed by atoms with Crippen LogP contribution < -0.4 is 11.1 Å². The number of fused-ring (bicyclic) bond motifs is 1. The van der Waals surface area contributed by atoms with Gasteiger partial charge in [0.25, 0.3) is 0 Å². The Kier molecular flexibility index (Phi) is 4.57. The van der Waals surface area contributed by atoms with Crippen LogP contribution in [0, 0.1) is 6.42 Å². The monoisotopic (exact) mass is 355 g/mol. The molecule has 3 N–H and O–H groups in total. The average molecular weight is 356 g/mol. The van der Waals surface area contributed by atoms with E-state index in [9.17, 15) is 0 Å². The third-order valence-electron chi connectivity index (χ3n) is 4.46. The second kappa shape index (κ2) is 7.00. The number of anilines is 2. The predicted molar refractivity (Wildman–Crippen MR) is 99.9 cm³/mol. The van der Waals surface area contributed by atoms with Crippen LogP contribution in [-0.2, 0) is 6.54 Å². The fourth-order valence-electron chi connectivity index (χ4n) is 3.15. The zero-order chi connectivity index (χ0) is 17.2. The Morgan fingerprint density at radius 3 is 3.04 bits per heavy atom. The van der Waals surface area contributed by atoms with Crippen LogP contribution in [0.1, 0.15) is 12.0 Å². The Hall–Kier alpha value is -2.15. The van der Waals surface area contributed by atoms with Crippen LogP contribution >= 0.6 is 11.6 Å². The largest absolute Gasteiger partial charge is 0.338 e. The number of hydrogen-bond acceptors (Lipinski definition) is 5. The van der Waals surface area contributed by atoms with Gasteiger partial charge >= 0.3 is 0 Å². The van der Waals surface area contributed by atoms with E-state index < -0.39 is 0 Å². The molecule has 0 bridgehead atoms. The molecule has 1 aliphatic heterocycles. The number of likely N-dealkylation sites (tertiary alicyclic amines) is 1. The molecule has 1 fully saturated rings. The van der Waals surface area contributed by atoms with Crippen molar-refractivity contribution in [1.82, 2.24) is 19.5 Å². The molecular weight excluding hydrogens is 336 g/mol. The van der Waals surface area contributed by atoms with Crippen molar-refractivity contribution in [3.63, 3.8) is 0 Å². The maximum Gasteiger partial charge on any atom is 0.158 e. The summed E-state index contributed by atoms with van der Waals surface area (Å²) in [6.07, 6.45) is 6.69. The molecule has 3 heterocycles. The second-order valence-corrected chi connectivity index (χ2v) is 6.74. The van der Waals surface area contributed by atoms with Gasteiger partial charge in [-0.05, 0) is 49.2 Å². The Morgan fingerprint density at radius 2 is 2.24 bits per heavy atom. The number of piperidine rings is 1. The van der Waals surface area contributed by atoms with E-state index in [4.69, 9.17) is 17.3 Å². The Labute approximate surface area is 151 Å². The number of nitrogens with two attached hydrogens (primary N) is 1. The van der Waals surface area contributed by atoms with Crippen molar-refractivity contribution in [1.29, 1.82) is 0 Å². The summed E-state index contributed by atoms with van der Waals surface area (Å²) in [6.45, 7) is 2.75. The van der Waals surface area contributed by atoms with E-state index in [2.05, 4.69) is 32.8 Å². The van der Waals surface area contributed by atoms with Crippen molar-refractivity contribution in [3.8, 4) is 0 Å². The van der Waals surface area contributed by atoms with Gasteiger partial charge in [-0.25, -0.2) is 9.50 Å². The van der Waals surface area contributed by atoms with Gasteiger partial charge in [-0.1, -0.05) is 17.7 Å². The van der Waals surface area contributed by atoms with Crippen LogP contribution in [0.5, 0.6) is 0 Å². The van der Waals surface area contributed by atoms with Crippen molar-refractivity contribution in [2.45, 2.75) is 19.0 Å². The second-order valence-electron chi connectivity index (χ2n) is 6.30. The van der Waals surface area contributed by atoms with E-state index in [-0.39, 0.29) is 6.04 Å². The van der Waals surface area contributed by atoms with Gasteiger partial charge in [0.15, 0.2) is 5.82 Å². The Morgan fingerprint density at radius 1 is 1.32 bits per heavy atom. The number of halogens is 1. The van der Waals surface area contributed by atoms with E-state index in [1.807, 2.05) is 35.0 Å². The lowest BCUT2D eigenvalue weighted by Crippen LogP contribution is -2.39. The predicted octanol–water partition coefficient (Wildman–Crippen LogP) is 2.86. The van der Waals surface area contributed by atoms with Gasteiger partial charge < -0.3 is 11.1 Å². The third-order valence-corrected chi connectivity index (χ3v) is 4.70. The number of hydrogen-bond donors (Lipinski definition) is 2. The molecule has 3 aromatic rings. The van der Waals surface area contributed by atoms with E-state index in [0.29, 0.717) is 5.02 Å². The lowest BCUT2D eigenvalue weighted by Gasteiger charge is -2.29. The van der Waals surface area contributed by atoms with Crippen molar-refractivity contribution < 1.29 is 0 Å². The van der Waals surface area contributed by atoms with Gasteiger partial charge in [-0.2, -0.15) is 5.10 Å². The van der Waals surface area contributed by atoms with E-state index in [1.165, 1.54) is 5.56 Å². The highest BCUT2D eigenvalue weighted by Crippen LogP contribution is 2.25. The molecule has 0 aliphatic carbocycles. The molecule has 0 amide bonds. The molecular formula is C18H20ClN6. The van der Waals surface area contributed by atoms with Gasteiger partial charge in [-0.3, -0.25) is 4.90 Å². The molecule has 2 aromatic heterocycles. The van der Waals surface area contributed by atoms with Crippen LogP contribution in [0.15, 0.2) is 42.9 Å². The van der Waals surface area contributed by atoms with Gasteiger partial charge in [0.2, 0.25) is 0 Å². The van der Waals surface area contributed by atoms with E-state index in [1.54, 1.807) is 6.33 Å². The van der Waals surface area contributed by atoms with Crippen LogP contribution in [0.2, 0.25) is 5.02 Å². The molecule has 0 unspecified atom stereocenters. The van der Waals surface area contributed by atoms with Crippen LogP contribution in [0.25, 0.3) is 5.52 Å². The number of nitrogens with one attached hydrogen (secondary N) is 1. The Bertz CT molecular complexity index is 869. The van der Waals surface area contributed by atoms with Crippen LogP contribution in [-0.4, -0.2) is 38.6 Å². The van der Waals surface area contributed by atoms with E-state index in [0.717, 1.165) is 43.1 Å². The molecule has 0 spiro atoms. The summed E-state index contributed by atoms with van der Waals surface area (Å²) in [7, 11) is 0. The van der Waals surface area contributed by atoms with Gasteiger partial charge in [-0.15, -0.1) is 0 Å². The normalized spacial score (nSPS) is 16.4. The highest BCUT2D eigenvalue weighted by molar-refractivity contribution is 6.30. The zero-order valence-electron chi connectivity index (χ0n) is 13.8. The summed E-state index contributed by atoms with van der Waals surface area (Å²) in [5, 5.41) is 8.36. The zero-order valence-corrected chi connectivity index (χ0v) is 14.5. The first-order valence-electron chi connectivity index (χ1n) is 8.34. The van der Waals surface area contributed by atoms with Gasteiger partial charge in [0.05, 0.1) is 0 Å². The number of benzene rings is 1. The lowest BCUT2D eigenvalue weighted by atomic mass is 10.1. The molecule has 1 aromatic carbocycles. The summed E-state index contributed by atoms with van der Waals surface area (Å²) in [5.41, 5.74) is 9.03. The summed E-state index contributed by atoms with van der Waals surface area (Å²) < 4.78 is 1.86. The Balaban J connectivity index is 1.62. The van der Waals surface area contributed by atoms with Crippen molar-refractivity contribution in [2.24, 2.45) is 5.73 Å². The summed E-state index contributed by atoms with van der Waals surface area (Å²) >= 11 is 6.08. The molecule has 6 nitrogen and oxygen atoms in total. The minimum Gasteiger partial charge on any atom is -0.338 e. The van der Waals surface area contributed by atoms with Crippen molar-refractivity contribution in [2.75, 3.05) is 18.4 Å². The smallest absolute Gasteiger partial charge is 0.158 e.